The lowest BCUT2D eigenvalue weighted by atomic mass is 10.1. The molecule has 0 fully saturated rings. The lowest BCUT2D eigenvalue weighted by Crippen LogP contribution is -2.30. The minimum Gasteiger partial charge on any atom is -0.462 e. The summed E-state index contributed by atoms with van der Waals surface area (Å²) < 4.78 is 16.7. The second-order valence-electron chi connectivity index (χ2n) is 15.8. The van der Waals surface area contributed by atoms with Crippen molar-refractivity contribution >= 4 is 17.9 Å². The van der Waals surface area contributed by atoms with Crippen molar-refractivity contribution in [3.05, 3.63) is 97.2 Å². The predicted molar refractivity (Wildman–Crippen MR) is 256 cm³/mol. The van der Waals surface area contributed by atoms with Crippen molar-refractivity contribution < 1.29 is 28.6 Å². The molecule has 0 spiro atoms. The van der Waals surface area contributed by atoms with Gasteiger partial charge in [-0.05, 0) is 70.6 Å². The molecular formula is C54H88O6. The van der Waals surface area contributed by atoms with Crippen molar-refractivity contribution in [1.82, 2.24) is 0 Å². The summed E-state index contributed by atoms with van der Waals surface area (Å²) in [4.78, 5) is 37.8. The SMILES string of the molecule is CC\C=C/C=C\C=C/C=C\C=C/CCCCCC(=O)OC(COC(=O)CCC/C=C\C/C=C\C/C=C\CCCCCCCC)COC(=O)CCCCCCCCCCCC. The number of carbonyl (C=O) groups is 3. The van der Waals surface area contributed by atoms with Crippen molar-refractivity contribution in [2.75, 3.05) is 13.2 Å². The molecule has 0 amide bonds. The van der Waals surface area contributed by atoms with Crippen molar-refractivity contribution in [2.45, 2.75) is 213 Å². The van der Waals surface area contributed by atoms with Crippen LogP contribution in [0.3, 0.4) is 0 Å². The standard InChI is InChI=1S/C54H88O6/c1-4-7-10-13-16-19-22-24-26-27-29-30-32-35-38-41-44-47-53(56)59-50-51(49-58-52(55)46-43-40-37-34-21-18-15-12-9-6-3)60-54(57)48-45-42-39-36-33-31-28-25-23-20-17-14-11-8-5-2/h8,11,14,17,20,23-26,28-31,33,35,38,51H,4-7,9-10,12-13,15-16,18-19,21-22,27,32,34,36-37,39-50H2,1-3H3/b11-8-,17-14-,23-20-,26-24-,28-25-,30-29-,33-31-,38-35-. The second kappa shape index (κ2) is 48.0. The van der Waals surface area contributed by atoms with Crippen LogP contribution in [0.15, 0.2) is 97.2 Å². The minimum absolute atomic E-state index is 0.111. The van der Waals surface area contributed by atoms with Crippen LogP contribution >= 0.6 is 0 Å². The number of allylic oxidation sites excluding steroid dienone is 16. The maximum absolute atomic E-state index is 12.7. The zero-order valence-corrected chi connectivity index (χ0v) is 38.7. The van der Waals surface area contributed by atoms with Gasteiger partial charge in [0.15, 0.2) is 6.10 Å². The first kappa shape index (κ1) is 56.3. The van der Waals surface area contributed by atoms with Gasteiger partial charge in [0.1, 0.15) is 13.2 Å². The van der Waals surface area contributed by atoms with E-state index in [1.165, 1.54) is 89.9 Å². The van der Waals surface area contributed by atoms with Crippen LogP contribution in [0.5, 0.6) is 0 Å². The molecule has 1 atom stereocenters. The maximum atomic E-state index is 12.7. The molecule has 0 N–H and O–H groups in total. The van der Waals surface area contributed by atoms with Gasteiger partial charge in [0, 0.05) is 19.3 Å². The Labute approximate surface area is 368 Å². The van der Waals surface area contributed by atoms with Gasteiger partial charge in [0.2, 0.25) is 0 Å². The Morgan fingerprint density at radius 2 is 0.733 bits per heavy atom. The van der Waals surface area contributed by atoms with E-state index < -0.39 is 6.10 Å². The van der Waals surface area contributed by atoms with E-state index in [9.17, 15) is 14.4 Å². The van der Waals surface area contributed by atoms with Gasteiger partial charge in [-0.25, -0.2) is 0 Å². The van der Waals surface area contributed by atoms with Gasteiger partial charge in [-0.1, -0.05) is 214 Å². The van der Waals surface area contributed by atoms with Gasteiger partial charge >= 0.3 is 17.9 Å². The molecular weight excluding hydrogens is 745 g/mol. The third-order valence-electron chi connectivity index (χ3n) is 9.95. The highest BCUT2D eigenvalue weighted by molar-refractivity contribution is 5.71. The Morgan fingerprint density at radius 1 is 0.367 bits per heavy atom. The van der Waals surface area contributed by atoms with E-state index in [1.807, 2.05) is 48.6 Å². The van der Waals surface area contributed by atoms with E-state index in [-0.39, 0.29) is 44.0 Å². The third-order valence-corrected chi connectivity index (χ3v) is 9.95. The summed E-state index contributed by atoms with van der Waals surface area (Å²) in [5, 5.41) is 0. The van der Waals surface area contributed by atoms with Gasteiger partial charge in [-0.2, -0.15) is 0 Å². The van der Waals surface area contributed by atoms with Crippen molar-refractivity contribution in [1.29, 1.82) is 0 Å². The quantitative estimate of drug-likeness (QED) is 0.0200. The fourth-order valence-electron chi connectivity index (χ4n) is 6.30. The lowest BCUT2D eigenvalue weighted by molar-refractivity contribution is -0.167. The molecule has 0 saturated heterocycles. The monoisotopic (exact) mass is 833 g/mol. The Morgan fingerprint density at radius 3 is 1.25 bits per heavy atom. The largest absolute Gasteiger partial charge is 0.462 e. The highest BCUT2D eigenvalue weighted by Crippen LogP contribution is 2.13. The summed E-state index contributed by atoms with van der Waals surface area (Å²) in [6.45, 7) is 6.37. The van der Waals surface area contributed by atoms with Gasteiger partial charge in [0.05, 0.1) is 0 Å². The first-order valence-electron chi connectivity index (χ1n) is 24.3. The maximum Gasteiger partial charge on any atom is 0.306 e. The Balaban J connectivity index is 4.54. The van der Waals surface area contributed by atoms with Crippen LogP contribution in [0.25, 0.3) is 0 Å². The van der Waals surface area contributed by atoms with Crippen molar-refractivity contribution in [2.24, 2.45) is 0 Å². The van der Waals surface area contributed by atoms with E-state index in [1.54, 1.807) is 0 Å². The summed E-state index contributed by atoms with van der Waals surface area (Å²) in [5.41, 5.74) is 0. The fourth-order valence-corrected chi connectivity index (χ4v) is 6.30. The second-order valence-corrected chi connectivity index (χ2v) is 15.8. The molecule has 0 aromatic rings. The Bertz CT molecular complexity index is 1230. The molecule has 0 aromatic heterocycles. The number of ether oxygens (including phenoxy) is 3. The minimum atomic E-state index is -0.817. The van der Waals surface area contributed by atoms with Crippen LogP contribution in [-0.2, 0) is 28.6 Å². The van der Waals surface area contributed by atoms with E-state index in [2.05, 4.69) is 69.4 Å². The molecule has 1 unspecified atom stereocenters. The van der Waals surface area contributed by atoms with Crippen LogP contribution in [0.4, 0.5) is 0 Å². The molecule has 0 bridgehead atoms. The molecule has 0 heterocycles. The average Bonchev–Trinajstić information content (AvgIpc) is 3.24. The molecule has 0 radical (unpaired) electrons. The van der Waals surface area contributed by atoms with Gasteiger partial charge in [-0.3, -0.25) is 14.4 Å². The first-order chi connectivity index (χ1) is 29.5. The van der Waals surface area contributed by atoms with Crippen LogP contribution in [-0.4, -0.2) is 37.2 Å². The number of carbonyl (C=O) groups excluding carboxylic acids is 3. The molecule has 0 aliphatic carbocycles. The topological polar surface area (TPSA) is 78.9 Å². The van der Waals surface area contributed by atoms with Crippen LogP contribution < -0.4 is 0 Å². The smallest absolute Gasteiger partial charge is 0.306 e. The van der Waals surface area contributed by atoms with Crippen molar-refractivity contribution in [3.8, 4) is 0 Å². The van der Waals surface area contributed by atoms with Gasteiger partial charge < -0.3 is 14.2 Å². The fraction of sp³-hybridized carbons (Fsp3) is 0.648. The molecule has 340 valence electrons. The number of rotatable bonds is 42. The summed E-state index contributed by atoms with van der Waals surface area (Å²) >= 11 is 0. The lowest BCUT2D eigenvalue weighted by Gasteiger charge is -2.18. The summed E-state index contributed by atoms with van der Waals surface area (Å²) in [7, 11) is 0. The van der Waals surface area contributed by atoms with Crippen LogP contribution in [0.1, 0.15) is 207 Å². The molecule has 0 saturated carbocycles. The van der Waals surface area contributed by atoms with E-state index in [0.29, 0.717) is 19.3 Å². The number of hydrogen-bond donors (Lipinski definition) is 0. The van der Waals surface area contributed by atoms with E-state index >= 15 is 0 Å². The van der Waals surface area contributed by atoms with Gasteiger partial charge in [-0.15, -0.1) is 0 Å². The number of unbranched alkanes of at least 4 members (excludes halogenated alkanes) is 19. The number of hydrogen-bond acceptors (Lipinski definition) is 6. The molecule has 0 aliphatic heterocycles. The summed E-state index contributed by atoms with van der Waals surface area (Å²) in [6, 6.07) is 0. The molecule has 0 aromatic carbocycles. The first-order valence-corrected chi connectivity index (χ1v) is 24.3. The molecule has 0 rings (SSSR count). The van der Waals surface area contributed by atoms with E-state index in [0.717, 1.165) is 64.2 Å². The predicted octanol–water partition coefficient (Wildman–Crippen LogP) is 15.8. The highest BCUT2D eigenvalue weighted by Gasteiger charge is 2.19. The van der Waals surface area contributed by atoms with Crippen LogP contribution in [0.2, 0.25) is 0 Å². The summed E-state index contributed by atoms with van der Waals surface area (Å²) in [5.74, 6) is -1.02. The Kier molecular flexibility index (Phi) is 45.1. The van der Waals surface area contributed by atoms with Crippen LogP contribution in [0, 0.1) is 0 Å². The molecule has 6 nitrogen and oxygen atoms in total. The molecule has 0 aliphatic rings. The summed E-state index contributed by atoms with van der Waals surface area (Å²) in [6.07, 6.45) is 62.5. The highest BCUT2D eigenvalue weighted by atomic mass is 16.6. The zero-order valence-electron chi connectivity index (χ0n) is 38.7. The molecule has 6 heteroatoms. The average molecular weight is 833 g/mol. The normalized spacial score (nSPS) is 12.9. The third kappa shape index (κ3) is 45.4. The van der Waals surface area contributed by atoms with Crippen molar-refractivity contribution in [3.63, 3.8) is 0 Å². The van der Waals surface area contributed by atoms with Gasteiger partial charge in [0.25, 0.3) is 0 Å². The zero-order chi connectivity index (χ0) is 43.7. The Hall–Kier alpha value is -3.67. The van der Waals surface area contributed by atoms with E-state index in [4.69, 9.17) is 14.2 Å². The number of esters is 3. The molecule has 60 heavy (non-hydrogen) atoms.